The smallest absolute Gasteiger partial charge is 0.224 e. The van der Waals surface area contributed by atoms with Crippen molar-refractivity contribution in [3.8, 4) is 0 Å². The molecule has 0 unspecified atom stereocenters. The standard InChI is InChI=1S/C16H23NO2S/c1-16(2,3)9-14(19)17-13(10-18)11-20-15(17)12-7-5-4-6-8-12/h4-8,13,15,18H,9-11H2,1-3H3/t13-,15-/m1/s1. The van der Waals surface area contributed by atoms with Crippen LogP contribution in [0.15, 0.2) is 30.3 Å². The Morgan fingerprint density at radius 1 is 1.35 bits per heavy atom. The molecule has 4 heteroatoms. The number of hydrogen-bond donors (Lipinski definition) is 1. The highest BCUT2D eigenvalue weighted by Crippen LogP contribution is 2.42. The van der Waals surface area contributed by atoms with Crippen molar-refractivity contribution in [2.45, 2.75) is 38.6 Å². The second kappa shape index (κ2) is 6.19. The Bertz CT molecular complexity index is 455. The predicted molar refractivity (Wildman–Crippen MR) is 83.4 cm³/mol. The van der Waals surface area contributed by atoms with Crippen LogP contribution in [0.4, 0.5) is 0 Å². The summed E-state index contributed by atoms with van der Waals surface area (Å²) in [5.41, 5.74) is 1.10. The molecule has 1 amide bonds. The minimum atomic E-state index is -0.0694. The number of thioether (sulfide) groups is 1. The summed E-state index contributed by atoms with van der Waals surface area (Å²) in [7, 11) is 0. The monoisotopic (exact) mass is 293 g/mol. The van der Waals surface area contributed by atoms with Crippen molar-refractivity contribution in [2.24, 2.45) is 5.41 Å². The molecule has 1 aromatic carbocycles. The van der Waals surface area contributed by atoms with Crippen LogP contribution in [0.5, 0.6) is 0 Å². The van der Waals surface area contributed by atoms with Crippen molar-refractivity contribution in [1.82, 2.24) is 4.90 Å². The van der Waals surface area contributed by atoms with Crippen LogP contribution < -0.4 is 0 Å². The zero-order valence-electron chi connectivity index (χ0n) is 12.4. The third-order valence-electron chi connectivity index (χ3n) is 3.36. The van der Waals surface area contributed by atoms with Gasteiger partial charge >= 0.3 is 0 Å². The molecule has 1 aliphatic heterocycles. The summed E-state index contributed by atoms with van der Waals surface area (Å²) >= 11 is 1.74. The van der Waals surface area contributed by atoms with E-state index in [1.54, 1.807) is 11.8 Å². The van der Waals surface area contributed by atoms with E-state index in [0.29, 0.717) is 6.42 Å². The highest BCUT2D eigenvalue weighted by atomic mass is 32.2. The maximum absolute atomic E-state index is 12.6. The van der Waals surface area contributed by atoms with Gasteiger partial charge in [-0.05, 0) is 11.0 Å². The van der Waals surface area contributed by atoms with Gasteiger partial charge in [0, 0.05) is 12.2 Å². The van der Waals surface area contributed by atoms with Crippen molar-refractivity contribution in [3.05, 3.63) is 35.9 Å². The summed E-state index contributed by atoms with van der Waals surface area (Å²) in [6.45, 7) is 6.24. The summed E-state index contributed by atoms with van der Waals surface area (Å²) in [5, 5.41) is 9.57. The van der Waals surface area contributed by atoms with Crippen LogP contribution >= 0.6 is 11.8 Å². The van der Waals surface area contributed by atoms with Gasteiger partial charge in [0.05, 0.1) is 12.6 Å². The fraction of sp³-hybridized carbons (Fsp3) is 0.562. The number of carbonyl (C=O) groups excluding carboxylic acids is 1. The van der Waals surface area contributed by atoms with Crippen LogP contribution in [-0.2, 0) is 4.79 Å². The van der Waals surface area contributed by atoms with E-state index in [0.717, 1.165) is 11.3 Å². The minimum Gasteiger partial charge on any atom is -0.394 e. The first-order chi connectivity index (χ1) is 9.42. The van der Waals surface area contributed by atoms with Gasteiger partial charge in [-0.2, -0.15) is 0 Å². The number of nitrogens with zero attached hydrogens (tertiary/aromatic N) is 1. The molecule has 0 aromatic heterocycles. The van der Waals surface area contributed by atoms with Crippen molar-refractivity contribution in [1.29, 1.82) is 0 Å². The Balaban J connectivity index is 2.22. The third kappa shape index (κ3) is 3.55. The third-order valence-corrected chi connectivity index (χ3v) is 4.75. The fourth-order valence-corrected chi connectivity index (χ4v) is 3.92. The molecular formula is C16H23NO2S. The van der Waals surface area contributed by atoms with Gasteiger partial charge in [-0.15, -0.1) is 11.8 Å². The molecule has 0 spiro atoms. The Morgan fingerprint density at radius 3 is 2.55 bits per heavy atom. The molecule has 1 heterocycles. The number of carbonyl (C=O) groups is 1. The van der Waals surface area contributed by atoms with E-state index in [1.165, 1.54) is 0 Å². The van der Waals surface area contributed by atoms with Gasteiger partial charge in [-0.25, -0.2) is 0 Å². The highest BCUT2D eigenvalue weighted by molar-refractivity contribution is 7.99. The summed E-state index contributed by atoms with van der Waals surface area (Å²) in [4.78, 5) is 14.5. The van der Waals surface area contributed by atoms with Gasteiger partial charge in [0.1, 0.15) is 5.37 Å². The lowest BCUT2D eigenvalue weighted by Gasteiger charge is -2.31. The normalized spacial score (nSPS) is 23.1. The minimum absolute atomic E-state index is 0.0307. The molecule has 20 heavy (non-hydrogen) atoms. The van der Waals surface area contributed by atoms with Crippen LogP contribution in [0.3, 0.4) is 0 Å². The molecule has 0 saturated carbocycles. The first-order valence-corrected chi connectivity index (χ1v) is 8.06. The van der Waals surface area contributed by atoms with E-state index >= 15 is 0 Å². The first kappa shape index (κ1) is 15.4. The summed E-state index contributed by atoms with van der Waals surface area (Å²) in [6.07, 6.45) is 0.507. The quantitative estimate of drug-likeness (QED) is 0.931. The van der Waals surface area contributed by atoms with Crippen molar-refractivity contribution in [3.63, 3.8) is 0 Å². The maximum atomic E-state index is 12.6. The van der Waals surface area contributed by atoms with Crippen LogP contribution in [0, 0.1) is 5.41 Å². The maximum Gasteiger partial charge on any atom is 0.224 e. The van der Waals surface area contributed by atoms with Gasteiger partial charge in [-0.1, -0.05) is 51.1 Å². The van der Waals surface area contributed by atoms with Gasteiger partial charge in [0.25, 0.3) is 0 Å². The summed E-state index contributed by atoms with van der Waals surface area (Å²) in [5.74, 6) is 0.932. The van der Waals surface area contributed by atoms with E-state index in [4.69, 9.17) is 0 Å². The molecule has 1 N–H and O–H groups in total. The lowest BCUT2D eigenvalue weighted by atomic mass is 9.91. The summed E-state index contributed by atoms with van der Waals surface area (Å²) < 4.78 is 0. The van der Waals surface area contributed by atoms with Crippen LogP contribution in [0.25, 0.3) is 0 Å². The molecule has 1 saturated heterocycles. The molecule has 0 aliphatic carbocycles. The first-order valence-electron chi connectivity index (χ1n) is 7.01. The van der Waals surface area contributed by atoms with Gasteiger partial charge in [0.15, 0.2) is 0 Å². The average molecular weight is 293 g/mol. The zero-order valence-corrected chi connectivity index (χ0v) is 13.2. The lowest BCUT2D eigenvalue weighted by Crippen LogP contribution is -2.41. The molecule has 2 rings (SSSR count). The van der Waals surface area contributed by atoms with Crippen LogP contribution in [-0.4, -0.2) is 34.3 Å². The number of hydrogen-bond acceptors (Lipinski definition) is 3. The number of aliphatic hydroxyl groups excluding tert-OH is 1. The molecular weight excluding hydrogens is 270 g/mol. The van der Waals surface area contributed by atoms with Crippen LogP contribution in [0.1, 0.15) is 38.1 Å². The Kier molecular flexibility index (Phi) is 4.76. The molecule has 1 fully saturated rings. The number of amides is 1. The summed E-state index contributed by atoms with van der Waals surface area (Å²) in [6, 6.07) is 10.0. The molecule has 110 valence electrons. The van der Waals surface area contributed by atoms with E-state index in [2.05, 4.69) is 32.9 Å². The number of rotatable bonds is 3. The average Bonchev–Trinajstić information content (AvgIpc) is 2.81. The molecule has 0 radical (unpaired) electrons. The molecule has 3 nitrogen and oxygen atoms in total. The van der Waals surface area contributed by atoms with Gasteiger partial charge in [-0.3, -0.25) is 4.79 Å². The van der Waals surface area contributed by atoms with E-state index in [1.807, 2.05) is 23.1 Å². The number of aliphatic hydroxyl groups is 1. The van der Waals surface area contributed by atoms with Gasteiger partial charge < -0.3 is 10.0 Å². The SMILES string of the molecule is CC(C)(C)CC(=O)N1[C@H](CO)CS[C@@H]1c1ccccc1. The topological polar surface area (TPSA) is 40.5 Å². The second-order valence-electron chi connectivity index (χ2n) is 6.47. The lowest BCUT2D eigenvalue weighted by molar-refractivity contribution is -0.136. The molecule has 1 aliphatic rings. The molecule has 0 bridgehead atoms. The molecule has 2 atom stereocenters. The van der Waals surface area contributed by atoms with E-state index < -0.39 is 0 Å². The van der Waals surface area contributed by atoms with E-state index in [9.17, 15) is 9.90 Å². The van der Waals surface area contributed by atoms with Crippen molar-refractivity contribution < 1.29 is 9.90 Å². The Morgan fingerprint density at radius 2 is 2.00 bits per heavy atom. The van der Waals surface area contributed by atoms with Gasteiger partial charge in [0.2, 0.25) is 5.91 Å². The van der Waals surface area contributed by atoms with Crippen molar-refractivity contribution in [2.75, 3.05) is 12.4 Å². The van der Waals surface area contributed by atoms with Crippen molar-refractivity contribution >= 4 is 17.7 Å². The Labute approximate surface area is 125 Å². The second-order valence-corrected chi connectivity index (χ2v) is 7.58. The van der Waals surface area contributed by atoms with Crippen LogP contribution in [0.2, 0.25) is 0 Å². The highest BCUT2D eigenvalue weighted by Gasteiger charge is 2.38. The fourth-order valence-electron chi connectivity index (χ4n) is 2.45. The largest absolute Gasteiger partial charge is 0.394 e. The number of benzene rings is 1. The molecule has 1 aromatic rings. The van der Waals surface area contributed by atoms with E-state index in [-0.39, 0.29) is 29.3 Å². The zero-order chi connectivity index (χ0) is 14.8. The Hall–Kier alpha value is -1.00. The predicted octanol–water partition coefficient (Wildman–Crippen LogP) is 3.06.